The van der Waals surface area contributed by atoms with E-state index in [4.69, 9.17) is 4.55 Å². The molecule has 0 aliphatic rings. The summed E-state index contributed by atoms with van der Waals surface area (Å²) in [6.07, 6.45) is 4.46. The van der Waals surface area contributed by atoms with Crippen LogP contribution in [-0.4, -0.2) is 13.0 Å². The van der Waals surface area contributed by atoms with Crippen LogP contribution >= 0.6 is 0 Å². The van der Waals surface area contributed by atoms with Crippen LogP contribution in [-0.2, 0) is 16.5 Å². The first-order valence-electron chi connectivity index (χ1n) is 6.03. The second-order valence-corrected chi connectivity index (χ2v) is 5.81. The molecule has 0 amide bonds. The molecule has 0 heterocycles. The molecule has 96 valence electrons. The summed E-state index contributed by atoms with van der Waals surface area (Å²) in [6.45, 7) is 4.34. The summed E-state index contributed by atoms with van der Waals surface area (Å²) in [5, 5.41) is 0. The van der Waals surface area contributed by atoms with Gasteiger partial charge in [0, 0.05) is 0 Å². The fraction of sp³-hybridized carbons (Fsp3) is 0.538. The Labute approximate surface area is 104 Å². The molecule has 1 aromatic carbocycles. The third kappa shape index (κ3) is 4.48. The van der Waals surface area contributed by atoms with E-state index >= 15 is 0 Å². The fourth-order valence-electron chi connectivity index (χ4n) is 1.99. The van der Waals surface area contributed by atoms with Crippen molar-refractivity contribution < 1.29 is 13.0 Å². The summed E-state index contributed by atoms with van der Waals surface area (Å²) < 4.78 is 30.6. The lowest BCUT2D eigenvalue weighted by Gasteiger charge is -2.13. The minimum absolute atomic E-state index is 0.0372. The molecule has 3 nitrogen and oxygen atoms in total. The van der Waals surface area contributed by atoms with Crippen LogP contribution in [0.15, 0.2) is 29.2 Å². The van der Waals surface area contributed by atoms with E-state index in [9.17, 15) is 8.42 Å². The second kappa shape index (κ2) is 6.17. The van der Waals surface area contributed by atoms with E-state index in [1.165, 1.54) is 25.0 Å². The first-order chi connectivity index (χ1) is 7.97. The summed E-state index contributed by atoms with van der Waals surface area (Å²) in [5.74, 6) is 0.650. The molecule has 1 unspecified atom stereocenters. The largest absolute Gasteiger partial charge is 0.294 e. The third-order valence-electron chi connectivity index (χ3n) is 3.02. The monoisotopic (exact) mass is 256 g/mol. The van der Waals surface area contributed by atoms with E-state index in [-0.39, 0.29) is 4.90 Å². The minimum Gasteiger partial charge on any atom is -0.282 e. The average molecular weight is 256 g/mol. The highest BCUT2D eigenvalue weighted by molar-refractivity contribution is 7.85. The van der Waals surface area contributed by atoms with E-state index in [2.05, 4.69) is 13.8 Å². The molecule has 0 bridgehead atoms. The van der Waals surface area contributed by atoms with E-state index < -0.39 is 10.1 Å². The van der Waals surface area contributed by atoms with E-state index in [1.54, 1.807) is 12.1 Å². The van der Waals surface area contributed by atoms with Gasteiger partial charge < -0.3 is 0 Å². The Bertz CT molecular complexity index is 434. The molecule has 1 atom stereocenters. The topological polar surface area (TPSA) is 54.4 Å². The number of rotatable bonds is 6. The van der Waals surface area contributed by atoms with Gasteiger partial charge in [-0.25, -0.2) is 0 Å². The van der Waals surface area contributed by atoms with Crippen molar-refractivity contribution in [3.05, 3.63) is 29.8 Å². The molecule has 4 heteroatoms. The number of hydrogen-bond acceptors (Lipinski definition) is 2. The summed E-state index contributed by atoms with van der Waals surface area (Å²) in [6, 6.07) is 6.48. The first kappa shape index (κ1) is 14.2. The van der Waals surface area contributed by atoms with Crippen molar-refractivity contribution in [3.8, 4) is 0 Å². The van der Waals surface area contributed by atoms with Crippen molar-refractivity contribution in [2.75, 3.05) is 0 Å². The maximum atomic E-state index is 10.9. The van der Waals surface area contributed by atoms with Crippen LogP contribution in [0.3, 0.4) is 0 Å². The minimum atomic E-state index is -4.06. The highest BCUT2D eigenvalue weighted by atomic mass is 32.2. The van der Waals surface area contributed by atoms with Gasteiger partial charge in [-0.2, -0.15) is 8.42 Å². The smallest absolute Gasteiger partial charge is 0.282 e. The summed E-state index contributed by atoms with van der Waals surface area (Å²) in [5.41, 5.74) is 1.12. The lowest BCUT2D eigenvalue weighted by atomic mass is 9.93. The maximum Gasteiger partial charge on any atom is 0.294 e. The lowest BCUT2D eigenvalue weighted by molar-refractivity contribution is 0.462. The zero-order valence-electron chi connectivity index (χ0n) is 10.4. The Balaban J connectivity index is 2.74. The standard InChI is InChI=1S/C13H20O3S/c1-3-5-11(4-2)10-12-6-8-13(9-7-12)17(14,15)16/h6-9,11H,3-5,10H2,1-2H3,(H,14,15,16). The van der Waals surface area contributed by atoms with Crippen LogP contribution in [0.25, 0.3) is 0 Å². The van der Waals surface area contributed by atoms with Gasteiger partial charge in [0.2, 0.25) is 0 Å². The fourth-order valence-corrected chi connectivity index (χ4v) is 2.47. The quantitative estimate of drug-likeness (QED) is 0.794. The molecule has 0 aliphatic heterocycles. The zero-order valence-corrected chi connectivity index (χ0v) is 11.2. The molecular weight excluding hydrogens is 236 g/mol. The van der Waals surface area contributed by atoms with Crippen LogP contribution < -0.4 is 0 Å². The lowest BCUT2D eigenvalue weighted by Crippen LogP contribution is -2.03. The third-order valence-corrected chi connectivity index (χ3v) is 3.89. The van der Waals surface area contributed by atoms with Gasteiger partial charge in [-0.05, 0) is 30.0 Å². The summed E-state index contributed by atoms with van der Waals surface area (Å²) in [4.78, 5) is -0.0372. The Morgan fingerprint density at radius 2 is 1.76 bits per heavy atom. The molecule has 0 radical (unpaired) electrons. The van der Waals surface area contributed by atoms with Crippen molar-refractivity contribution >= 4 is 10.1 Å². The molecule has 1 N–H and O–H groups in total. The Morgan fingerprint density at radius 3 is 2.18 bits per heavy atom. The van der Waals surface area contributed by atoms with Gasteiger partial charge in [-0.1, -0.05) is 45.2 Å². The normalized spacial score (nSPS) is 13.6. The highest BCUT2D eigenvalue weighted by Crippen LogP contribution is 2.18. The molecule has 1 aromatic rings. The van der Waals surface area contributed by atoms with Crippen LogP contribution in [0.2, 0.25) is 0 Å². The van der Waals surface area contributed by atoms with Gasteiger partial charge in [0.15, 0.2) is 0 Å². The molecule has 0 aliphatic carbocycles. The zero-order chi connectivity index (χ0) is 12.9. The van der Waals surface area contributed by atoms with Gasteiger partial charge in [0.1, 0.15) is 0 Å². The Hall–Kier alpha value is -0.870. The van der Waals surface area contributed by atoms with Crippen LogP contribution in [0, 0.1) is 5.92 Å². The van der Waals surface area contributed by atoms with E-state index in [1.807, 2.05) is 0 Å². The van der Waals surface area contributed by atoms with Crippen molar-refractivity contribution in [2.24, 2.45) is 5.92 Å². The van der Waals surface area contributed by atoms with Gasteiger partial charge in [0.05, 0.1) is 4.90 Å². The van der Waals surface area contributed by atoms with Crippen molar-refractivity contribution in [3.63, 3.8) is 0 Å². The Kier molecular flexibility index (Phi) is 5.15. The molecule has 1 rings (SSSR count). The molecule has 0 saturated carbocycles. The summed E-state index contributed by atoms with van der Waals surface area (Å²) in [7, 11) is -4.06. The van der Waals surface area contributed by atoms with Crippen molar-refractivity contribution in [1.29, 1.82) is 0 Å². The highest BCUT2D eigenvalue weighted by Gasteiger charge is 2.10. The summed E-state index contributed by atoms with van der Waals surface area (Å²) >= 11 is 0. The van der Waals surface area contributed by atoms with Gasteiger partial charge in [-0.3, -0.25) is 4.55 Å². The molecule has 17 heavy (non-hydrogen) atoms. The molecule has 0 aromatic heterocycles. The molecule has 0 saturated heterocycles. The number of hydrogen-bond donors (Lipinski definition) is 1. The maximum absolute atomic E-state index is 10.9. The predicted octanol–water partition coefficient (Wildman–Crippen LogP) is 3.30. The van der Waals surface area contributed by atoms with Gasteiger partial charge in [0.25, 0.3) is 10.1 Å². The molecule has 0 spiro atoms. The van der Waals surface area contributed by atoms with Crippen molar-refractivity contribution in [2.45, 2.75) is 44.4 Å². The molecular formula is C13H20O3S. The van der Waals surface area contributed by atoms with Gasteiger partial charge in [-0.15, -0.1) is 0 Å². The van der Waals surface area contributed by atoms with Gasteiger partial charge >= 0.3 is 0 Å². The average Bonchev–Trinajstić information content (AvgIpc) is 2.28. The predicted molar refractivity (Wildman–Crippen MR) is 68.6 cm³/mol. The van der Waals surface area contributed by atoms with Crippen molar-refractivity contribution in [1.82, 2.24) is 0 Å². The van der Waals surface area contributed by atoms with Crippen LogP contribution in [0.5, 0.6) is 0 Å². The van der Waals surface area contributed by atoms with E-state index in [0.717, 1.165) is 18.4 Å². The number of benzene rings is 1. The Morgan fingerprint density at radius 1 is 1.18 bits per heavy atom. The van der Waals surface area contributed by atoms with Crippen LogP contribution in [0.4, 0.5) is 0 Å². The second-order valence-electron chi connectivity index (χ2n) is 4.39. The van der Waals surface area contributed by atoms with Crippen LogP contribution in [0.1, 0.15) is 38.7 Å². The SMILES string of the molecule is CCCC(CC)Cc1ccc(S(=O)(=O)O)cc1. The first-order valence-corrected chi connectivity index (χ1v) is 7.47. The molecule has 0 fully saturated rings. The van der Waals surface area contributed by atoms with E-state index in [0.29, 0.717) is 5.92 Å².